The first kappa shape index (κ1) is 14.1. The van der Waals surface area contributed by atoms with E-state index in [4.69, 9.17) is 4.52 Å². The summed E-state index contributed by atoms with van der Waals surface area (Å²) < 4.78 is 7.19. The van der Waals surface area contributed by atoms with Gasteiger partial charge in [-0.2, -0.15) is 0 Å². The molecule has 0 atom stereocenters. The molecule has 0 spiro atoms. The largest absolute Gasteiger partial charge is 0.354 e. The van der Waals surface area contributed by atoms with E-state index in [-0.39, 0.29) is 11.7 Å². The van der Waals surface area contributed by atoms with E-state index in [1.54, 1.807) is 6.07 Å². The topological polar surface area (TPSA) is 60.1 Å². The van der Waals surface area contributed by atoms with E-state index in [0.29, 0.717) is 12.2 Å². The molecule has 1 aromatic carbocycles. The van der Waals surface area contributed by atoms with Crippen LogP contribution in [-0.4, -0.2) is 22.2 Å². The Bertz CT molecular complexity index is 717. The number of nitrogens with one attached hydrogen (secondary N) is 1. The average Bonchev–Trinajstić information content (AvgIpc) is 3.24. The predicted molar refractivity (Wildman–Crippen MR) is 83.3 cm³/mol. The van der Waals surface area contributed by atoms with Crippen LogP contribution < -0.4 is 5.32 Å². The normalized spacial score (nSPS) is 10.5. The van der Waals surface area contributed by atoms with Crippen LogP contribution in [0.4, 0.5) is 0 Å². The van der Waals surface area contributed by atoms with Crippen LogP contribution in [0.15, 0.2) is 65.4 Å². The van der Waals surface area contributed by atoms with E-state index in [0.717, 1.165) is 18.5 Å². The lowest BCUT2D eigenvalue weighted by atomic mass is 10.1. The number of nitrogens with zero attached hydrogens (tertiary/aromatic N) is 2. The van der Waals surface area contributed by atoms with Gasteiger partial charge >= 0.3 is 0 Å². The lowest BCUT2D eigenvalue weighted by Crippen LogP contribution is -2.24. The number of rotatable bonds is 6. The summed E-state index contributed by atoms with van der Waals surface area (Å²) in [6.45, 7) is 1.47. The summed E-state index contributed by atoms with van der Waals surface area (Å²) in [6.07, 6.45) is 4.87. The highest BCUT2D eigenvalue weighted by Gasteiger charge is 2.13. The highest BCUT2D eigenvalue weighted by Crippen LogP contribution is 2.18. The lowest BCUT2D eigenvalue weighted by Gasteiger charge is -2.03. The Balaban J connectivity index is 1.51. The molecule has 1 N–H and O–H groups in total. The van der Waals surface area contributed by atoms with Gasteiger partial charge in [-0.3, -0.25) is 4.79 Å². The maximum absolute atomic E-state index is 12.0. The van der Waals surface area contributed by atoms with Crippen LogP contribution in [0.3, 0.4) is 0 Å². The number of benzene rings is 1. The molecule has 3 rings (SSSR count). The minimum absolute atomic E-state index is 0.234. The summed E-state index contributed by atoms with van der Waals surface area (Å²) in [5.41, 5.74) is 1.59. The third kappa shape index (κ3) is 3.44. The second-order valence-electron chi connectivity index (χ2n) is 4.97. The number of aryl methyl sites for hydroxylation is 1. The van der Waals surface area contributed by atoms with Crippen molar-refractivity contribution in [3.63, 3.8) is 0 Å². The summed E-state index contributed by atoms with van der Waals surface area (Å²) in [7, 11) is 0. The zero-order chi connectivity index (χ0) is 15.2. The highest BCUT2D eigenvalue weighted by molar-refractivity contribution is 5.92. The van der Waals surface area contributed by atoms with Crippen molar-refractivity contribution in [3.05, 3.63) is 66.7 Å². The molecule has 112 valence electrons. The number of hydrogen-bond acceptors (Lipinski definition) is 3. The monoisotopic (exact) mass is 295 g/mol. The standard InChI is InChI=1S/C17H17N3O2/c21-17(18-9-6-12-20-10-4-5-11-20)16-13-15(19-22-16)14-7-2-1-3-8-14/h1-5,7-8,10-11,13H,6,9,12H2,(H,18,21). The minimum atomic E-state index is -0.234. The van der Waals surface area contributed by atoms with Crippen molar-refractivity contribution in [1.82, 2.24) is 15.0 Å². The van der Waals surface area contributed by atoms with Crippen LogP contribution in [0, 0.1) is 0 Å². The van der Waals surface area contributed by atoms with Crippen molar-refractivity contribution >= 4 is 5.91 Å². The molecular weight excluding hydrogens is 278 g/mol. The minimum Gasteiger partial charge on any atom is -0.354 e. The molecule has 0 radical (unpaired) electrons. The molecule has 0 fully saturated rings. The van der Waals surface area contributed by atoms with E-state index in [1.165, 1.54) is 0 Å². The first-order chi connectivity index (χ1) is 10.8. The summed E-state index contributed by atoms with van der Waals surface area (Å²) in [4.78, 5) is 12.0. The first-order valence-electron chi connectivity index (χ1n) is 7.24. The predicted octanol–water partition coefficient (Wildman–Crippen LogP) is 2.96. The Kier molecular flexibility index (Phi) is 4.34. The van der Waals surface area contributed by atoms with Crippen molar-refractivity contribution in [1.29, 1.82) is 0 Å². The van der Waals surface area contributed by atoms with Crippen molar-refractivity contribution < 1.29 is 9.32 Å². The van der Waals surface area contributed by atoms with Gasteiger partial charge in [0.15, 0.2) is 0 Å². The van der Waals surface area contributed by atoms with Gasteiger partial charge in [-0.15, -0.1) is 0 Å². The van der Waals surface area contributed by atoms with Crippen LogP contribution in [0.5, 0.6) is 0 Å². The Hall–Kier alpha value is -2.82. The fourth-order valence-electron chi connectivity index (χ4n) is 2.20. The van der Waals surface area contributed by atoms with Gasteiger partial charge in [0.1, 0.15) is 5.69 Å². The van der Waals surface area contributed by atoms with Gasteiger partial charge in [-0.25, -0.2) is 0 Å². The van der Waals surface area contributed by atoms with Gasteiger partial charge in [-0.05, 0) is 18.6 Å². The zero-order valence-electron chi connectivity index (χ0n) is 12.1. The number of aromatic nitrogens is 2. The molecule has 0 saturated heterocycles. The molecule has 0 unspecified atom stereocenters. The van der Waals surface area contributed by atoms with Crippen molar-refractivity contribution in [2.75, 3.05) is 6.54 Å². The number of hydrogen-bond donors (Lipinski definition) is 1. The van der Waals surface area contributed by atoms with Gasteiger partial charge < -0.3 is 14.4 Å². The highest BCUT2D eigenvalue weighted by atomic mass is 16.5. The fraction of sp³-hybridized carbons (Fsp3) is 0.176. The Morgan fingerprint density at radius 3 is 2.68 bits per heavy atom. The number of carbonyl (C=O) groups is 1. The summed E-state index contributed by atoms with van der Waals surface area (Å²) in [5, 5.41) is 6.78. The Labute approximate surface area is 128 Å². The summed E-state index contributed by atoms with van der Waals surface area (Å²) >= 11 is 0. The van der Waals surface area contributed by atoms with Crippen LogP contribution in [0.25, 0.3) is 11.3 Å². The van der Waals surface area contributed by atoms with Gasteiger partial charge in [0, 0.05) is 37.1 Å². The zero-order valence-corrected chi connectivity index (χ0v) is 12.1. The van der Waals surface area contributed by atoms with Gasteiger partial charge in [0.2, 0.25) is 5.76 Å². The third-order valence-corrected chi connectivity index (χ3v) is 3.35. The van der Waals surface area contributed by atoms with E-state index >= 15 is 0 Å². The number of amides is 1. The lowest BCUT2D eigenvalue weighted by molar-refractivity contribution is 0.0916. The molecule has 0 aliphatic heterocycles. The molecule has 2 aromatic heterocycles. The second-order valence-corrected chi connectivity index (χ2v) is 4.97. The van der Waals surface area contributed by atoms with Crippen molar-refractivity contribution in [2.45, 2.75) is 13.0 Å². The fourth-order valence-corrected chi connectivity index (χ4v) is 2.20. The maximum Gasteiger partial charge on any atom is 0.289 e. The van der Waals surface area contributed by atoms with Gasteiger partial charge in [0.25, 0.3) is 5.91 Å². The van der Waals surface area contributed by atoms with Gasteiger partial charge in [0.05, 0.1) is 0 Å². The van der Waals surface area contributed by atoms with Crippen molar-refractivity contribution in [2.24, 2.45) is 0 Å². The van der Waals surface area contributed by atoms with Crippen LogP contribution in [-0.2, 0) is 6.54 Å². The first-order valence-corrected chi connectivity index (χ1v) is 7.24. The molecule has 0 saturated carbocycles. The molecule has 22 heavy (non-hydrogen) atoms. The van der Waals surface area contributed by atoms with Crippen LogP contribution in [0.2, 0.25) is 0 Å². The molecule has 0 aliphatic rings. The number of carbonyl (C=O) groups excluding carboxylic acids is 1. The van der Waals surface area contributed by atoms with Crippen LogP contribution >= 0.6 is 0 Å². The Morgan fingerprint density at radius 1 is 1.14 bits per heavy atom. The van der Waals surface area contributed by atoms with Gasteiger partial charge in [-0.1, -0.05) is 35.5 Å². The molecule has 3 aromatic rings. The summed E-state index contributed by atoms with van der Waals surface area (Å²) in [5.74, 6) is 0.00186. The van der Waals surface area contributed by atoms with E-state index < -0.39 is 0 Å². The average molecular weight is 295 g/mol. The molecular formula is C17H17N3O2. The summed E-state index contributed by atoms with van der Waals surface area (Å²) in [6, 6.07) is 15.3. The molecule has 2 heterocycles. The van der Waals surface area contributed by atoms with E-state index in [9.17, 15) is 4.79 Å². The third-order valence-electron chi connectivity index (χ3n) is 3.35. The quantitative estimate of drug-likeness (QED) is 0.711. The Morgan fingerprint density at radius 2 is 1.91 bits per heavy atom. The molecule has 0 aliphatic carbocycles. The molecule has 5 nitrogen and oxygen atoms in total. The molecule has 5 heteroatoms. The SMILES string of the molecule is O=C(NCCCn1cccc1)c1cc(-c2ccccc2)no1. The van der Waals surface area contributed by atoms with E-state index in [2.05, 4.69) is 15.0 Å². The van der Waals surface area contributed by atoms with E-state index in [1.807, 2.05) is 54.9 Å². The smallest absolute Gasteiger partial charge is 0.289 e. The van der Waals surface area contributed by atoms with Crippen molar-refractivity contribution in [3.8, 4) is 11.3 Å². The second kappa shape index (κ2) is 6.76. The molecule has 1 amide bonds. The maximum atomic E-state index is 12.0. The van der Waals surface area contributed by atoms with Crippen LogP contribution in [0.1, 0.15) is 17.0 Å². The molecule has 0 bridgehead atoms.